The van der Waals surface area contributed by atoms with Gasteiger partial charge in [0, 0.05) is 43.7 Å². The Hall–Kier alpha value is -3.49. The number of carbonyl (C=O) groups is 3. The Morgan fingerprint density at radius 2 is 1.77 bits per heavy atom. The maximum Gasteiger partial charge on any atom is 0.251 e. The molecule has 1 heterocycles. The molecule has 0 unspecified atom stereocenters. The van der Waals surface area contributed by atoms with Gasteiger partial charge in [-0.2, -0.15) is 0 Å². The van der Waals surface area contributed by atoms with Gasteiger partial charge in [-0.3, -0.25) is 14.4 Å². The average Bonchev–Trinajstić information content (AvgIpc) is 2.88. The van der Waals surface area contributed by atoms with Crippen LogP contribution >= 0.6 is 0 Å². The molecule has 2 aromatic carbocycles. The monoisotopic (exact) mass is 479 g/mol. The second kappa shape index (κ2) is 12.3. The number of carbonyl (C=O) groups excluding carboxylic acids is 3. The van der Waals surface area contributed by atoms with Gasteiger partial charge in [-0.05, 0) is 35.8 Å². The van der Waals surface area contributed by atoms with E-state index in [-0.39, 0.29) is 30.2 Å². The van der Waals surface area contributed by atoms with Crippen LogP contribution in [0.4, 0.5) is 5.69 Å². The molecule has 0 aliphatic carbocycles. The molecule has 3 rings (SSSR count). The van der Waals surface area contributed by atoms with Crippen molar-refractivity contribution in [3.63, 3.8) is 0 Å². The van der Waals surface area contributed by atoms with Crippen LogP contribution in [0.15, 0.2) is 54.6 Å². The molecule has 2 aromatic rings. The van der Waals surface area contributed by atoms with Gasteiger partial charge in [0.25, 0.3) is 5.91 Å². The van der Waals surface area contributed by atoms with Gasteiger partial charge < -0.3 is 25.4 Å². The highest BCUT2D eigenvalue weighted by Gasteiger charge is 2.30. The lowest BCUT2D eigenvalue weighted by Gasteiger charge is -2.28. The van der Waals surface area contributed by atoms with Crippen LogP contribution in [0.1, 0.15) is 47.9 Å². The maximum atomic E-state index is 13.4. The van der Waals surface area contributed by atoms with Crippen LogP contribution in [0.2, 0.25) is 0 Å². The molecule has 35 heavy (non-hydrogen) atoms. The zero-order valence-electron chi connectivity index (χ0n) is 20.5. The number of anilines is 1. The van der Waals surface area contributed by atoms with Crippen LogP contribution < -0.4 is 16.0 Å². The quantitative estimate of drug-likeness (QED) is 0.624. The van der Waals surface area contributed by atoms with E-state index in [0.717, 1.165) is 0 Å². The SMILES string of the molecule is CC[C@H](C)[C@@H]1NC(=O)c2cccc(c2)/C=C/C(=O)NC[C@@H](OC)[C@H](OC)c2ccccc2NC1=O. The van der Waals surface area contributed by atoms with Crippen LogP contribution in [0.3, 0.4) is 0 Å². The molecule has 1 aliphatic rings. The summed E-state index contributed by atoms with van der Waals surface area (Å²) in [6.45, 7) is 4.09. The Kier molecular flexibility index (Phi) is 9.17. The first-order valence-corrected chi connectivity index (χ1v) is 11.7. The maximum absolute atomic E-state index is 13.4. The fourth-order valence-corrected chi connectivity index (χ4v) is 4.00. The Labute approximate surface area is 206 Å². The number of methoxy groups -OCH3 is 2. The molecular formula is C27H33N3O5. The average molecular weight is 480 g/mol. The van der Waals surface area contributed by atoms with Crippen molar-refractivity contribution < 1.29 is 23.9 Å². The molecule has 0 saturated heterocycles. The Morgan fingerprint density at radius 3 is 2.49 bits per heavy atom. The van der Waals surface area contributed by atoms with E-state index in [0.29, 0.717) is 28.8 Å². The molecule has 4 atom stereocenters. The summed E-state index contributed by atoms with van der Waals surface area (Å²) in [4.78, 5) is 38.9. The molecule has 1 aliphatic heterocycles. The normalized spacial score (nSPS) is 23.2. The molecule has 2 bridgehead atoms. The Morgan fingerprint density at radius 1 is 1.00 bits per heavy atom. The number of fused-ring (bicyclic) bond motifs is 3. The molecule has 8 heteroatoms. The van der Waals surface area contributed by atoms with Crippen molar-refractivity contribution in [3.05, 3.63) is 71.3 Å². The van der Waals surface area contributed by atoms with E-state index in [4.69, 9.17) is 9.47 Å². The van der Waals surface area contributed by atoms with Gasteiger partial charge in [-0.15, -0.1) is 0 Å². The minimum absolute atomic E-state index is 0.108. The number of ether oxygens (including phenoxy) is 2. The second-order valence-electron chi connectivity index (χ2n) is 8.55. The summed E-state index contributed by atoms with van der Waals surface area (Å²) in [5.41, 5.74) is 2.33. The predicted molar refractivity (Wildman–Crippen MR) is 135 cm³/mol. The summed E-state index contributed by atoms with van der Waals surface area (Å²) < 4.78 is 11.4. The number of para-hydroxylation sites is 1. The topological polar surface area (TPSA) is 106 Å². The van der Waals surface area contributed by atoms with Crippen molar-refractivity contribution >= 4 is 29.5 Å². The number of hydrogen-bond donors (Lipinski definition) is 3. The first kappa shape index (κ1) is 26.1. The summed E-state index contributed by atoms with van der Waals surface area (Å²) in [7, 11) is 3.09. The number of rotatable bonds is 4. The Balaban J connectivity index is 2.06. The van der Waals surface area contributed by atoms with E-state index in [1.165, 1.54) is 6.08 Å². The third-order valence-electron chi connectivity index (χ3n) is 6.26. The van der Waals surface area contributed by atoms with Gasteiger partial charge >= 0.3 is 0 Å². The smallest absolute Gasteiger partial charge is 0.251 e. The van der Waals surface area contributed by atoms with E-state index in [1.54, 1.807) is 50.6 Å². The number of benzene rings is 2. The summed E-state index contributed by atoms with van der Waals surface area (Å²) in [5, 5.41) is 8.70. The van der Waals surface area contributed by atoms with Crippen molar-refractivity contribution in [1.82, 2.24) is 10.6 Å². The van der Waals surface area contributed by atoms with Gasteiger partial charge in [0.1, 0.15) is 18.2 Å². The number of hydrogen-bond acceptors (Lipinski definition) is 5. The van der Waals surface area contributed by atoms with Crippen molar-refractivity contribution in [2.75, 3.05) is 26.1 Å². The third kappa shape index (κ3) is 6.55. The van der Waals surface area contributed by atoms with Crippen LogP contribution in [0.5, 0.6) is 0 Å². The van der Waals surface area contributed by atoms with Crippen molar-refractivity contribution in [3.8, 4) is 0 Å². The third-order valence-corrected chi connectivity index (χ3v) is 6.26. The minimum atomic E-state index is -0.752. The summed E-state index contributed by atoms with van der Waals surface area (Å²) in [5.74, 6) is -1.10. The highest BCUT2D eigenvalue weighted by Crippen LogP contribution is 2.29. The molecule has 0 spiro atoms. The first-order valence-electron chi connectivity index (χ1n) is 11.7. The first-order chi connectivity index (χ1) is 16.9. The summed E-state index contributed by atoms with van der Waals surface area (Å²) in [6.07, 6.45) is 2.66. The van der Waals surface area contributed by atoms with Crippen molar-refractivity contribution in [1.29, 1.82) is 0 Å². The molecule has 0 aromatic heterocycles. The number of amides is 3. The van der Waals surface area contributed by atoms with Crippen molar-refractivity contribution in [2.24, 2.45) is 5.92 Å². The van der Waals surface area contributed by atoms with Gasteiger partial charge in [-0.1, -0.05) is 50.6 Å². The van der Waals surface area contributed by atoms with E-state index in [2.05, 4.69) is 16.0 Å². The molecule has 3 amide bonds. The van der Waals surface area contributed by atoms with Crippen LogP contribution in [0.25, 0.3) is 6.08 Å². The minimum Gasteiger partial charge on any atom is -0.377 e. The lowest BCUT2D eigenvalue weighted by molar-refractivity contribution is -0.119. The van der Waals surface area contributed by atoms with Gasteiger partial charge in [-0.25, -0.2) is 0 Å². The molecule has 0 saturated carbocycles. The van der Waals surface area contributed by atoms with Crippen LogP contribution in [-0.2, 0) is 19.1 Å². The van der Waals surface area contributed by atoms with E-state index in [1.807, 2.05) is 32.0 Å². The van der Waals surface area contributed by atoms with Crippen LogP contribution in [-0.4, -0.2) is 50.6 Å². The van der Waals surface area contributed by atoms with E-state index >= 15 is 0 Å². The molecular weight excluding hydrogens is 446 g/mol. The zero-order valence-corrected chi connectivity index (χ0v) is 20.5. The lowest BCUT2D eigenvalue weighted by Crippen LogP contribution is -2.48. The van der Waals surface area contributed by atoms with Gasteiger partial charge in [0.15, 0.2) is 0 Å². The predicted octanol–water partition coefficient (Wildman–Crippen LogP) is 3.32. The summed E-state index contributed by atoms with van der Waals surface area (Å²) >= 11 is 0. The Bertz CT molecular complexity index is 1080. The van der Waals surface area contributed by atoms with Crippen LogP contribution in [0, 0.1) is 5.92 Å². The molecule has 8 nitrogen and oxygen atoms in total. The highest BCUT2D eigenvalue weighted by atomic mass is 16.5. The van der Waals surface area contributed by atoms with Crippen molar-refractivity contribution in [2.45, 2.75) is 38.5 Å². The largest absolute Gasteiger partial charge is 0.377 e. The van der Waals surface area contributed by atoms with E-state index in [9.17, 15) is 14.4 Å². The highest BCUT2D eigenvalue weighted by molar-refractivity contribution is 6.02. The molecule has 186 valence electrons. The molecule has 0 radical (unpaired) electrons. The summed E-state index contributed by atoms with van der Waals surface area (Å²) in [6, 6.07) is 13.4. The van der Waals surface area contributed by atoms with E-state index < -0.39 is 18.2 Å². The zero-order chi connectivity index (χ0) is 25.4. The second-order valence-corrected chi connectivity index (χ2v) is 8.55. The standard InChI is InChI=1S/C27H33N3O5/c1-5-17(2)24-27(33)29-21-12-7-6-11-20(21)25(35-4)22(34-3)16-28-23(31)14-13-18-9-8-10-19(15-18)26(32)30-24/h6-15,17,22,24-25H,5,16H2,1-4H3,(H,28,31)(H,29,33)(H,30,32)/b14-13+/t17-,22+,24-,25+/m0/s1. The fraction of sp³-hybridized carbons (Fsp3) is 0.370. The van der Waals surface area contributed by atoms with Gasteiger partial charge in [0.2, 0.25) is 11.8 Å². The molecule has 0 fully saturated rings. The lowest BCUT2D eigenvalue weighted by atomic mass is 9.96. The number of nitrogens with one attached hydrogen (secondary N) is 3. The fourth-order valence-electron chi connectivity index (χ4n) is 4.00. The van der Waals surface area contributed by atoms with Gasteiger partial charge in [0.05, 0.1) is 0 Å². The molecule has 3 N–H and O–H groups in total.